The second kappa shape index (κ2) is 7.28. The molecule has 1 aromatic rings. The molecule has 1 aliphatic carbocycles. The molecule has 1 saturated carbocycles. The molecule has 1 fully saturated rings. The molecular formula is C17H29BrN2O. The molecule has 0 aromatic carbocycles. The molecule has 1 N–H and O–H groups in total. The molecule has 0 bridgehead atoms. The largest absolute Gasteiger partial charge is 0.396 e. The Hall–Kier alpha value is -0.350. The molecule has 0 spiro atoms. The van der Waals surface area contributed by atoms with Gasteiger partial charge in [-0.05, 0) is 66.3 Å². The Morgan fingerprint density at radius 2 is 2.05 bits per heavy atom. The number of nitrogens with zero attached hydrogens (tertiary/aromatic N) is 2. The van der Waals surface area contributed by atoms with Crippen LogP contribution in [0.15, 0.2) is 4.47 Å². The lowest BCUT2D eigenvalue weighted by molar-refractivity contribution is 0.0603. The van der Waals surface area contributed by atoms with Crippen LogP contribution in [0.2, 0.25) is 0 Å². The van der Waals surface area contributed by atoms with Crippen LogP contribution in [0.25, 0.3) is 0 Å². The number of aliphatic hydroxyl groups excluding tert-OH is 1. The summed E-state index contributed by atoms with van der Waals surface area (Å²) in [6, 6.07) is 0. The fourth-order valence-electron chi connectivity index (χ4n) is 3.69. The van der Waals surface area contributed by atoms with Gasteiger partial charge >= 0.3 is 0 Å². The summed E-state index contributed by atoms with van der Waals surface area (Å²) in [4.78, 5) is 0. The third-order valence-electron chi connectivity index (χ3n) is 5.27. The Balaban J connectivity index is 2.03. The van der Waals surface area contributed by atoms with E-state index in [0.717, 1.165) is 35.3 Å². The van der Waals surface area contributed by atoms with E-state index >= 15 is 0 Å². The summed E-state index contributed by atoms with van der Waals surface area (Å²) in [5.41, 5.74) is 2.33. The fraction of sp³-hybridized carbons (Fsp3) is 0.824. The Bertz CT molecular complexity index is 462. The molecule has 0 amide bonds. The highest BCUT2D eigenvalue weighted by atomic mass is 79.9. The minimum Gasteiger partial charge on any atom is -0.396 e. The summed E-state index contributed by atoms with van der Waals surface area (Å²) in [7, 11) is 2.01. The lowest BCUT2D eigenvalue weighted by Gasteiger charge is -2.39. The molecule has 2 rings (SSSR count). The van der Waals surface area contributed by atoms with Crippen molar-refractivity contribution in [1.29, 1.82) is 0 Å². The Morgan fingerprint density at radius 3 is 2.52 bits per heavy atom. The number of halogens is 1. The SMILES string of the molecule is CCCCC1CCC(CO)(Cc2c(Br)c(C)nn2C)CC1. The minimum absolute atomic E-state index is 0.0610. The number of aliphatic hydroxyl groups is 1. The molecule has 3 nitrogen and oxygen atoms in total. The van der Waals surface area contributed by atoms with Crippen LogP contribution in [0.3, 0.4) is 0 Å². The summed E-state index contributed by atoms with van der Waals surface area (Å²) >= 11 is 3.66. The molecule has 0 saturated heterocycles. The Kier molecular flexibility index (Phi) is 5.89. The molecule has 0 unspecified atom stereocenters. The average molecular weight is 357 g/mol. The second-order valence-electron chi connectivity index (χ2n) is 6.89. The highest BCUT2D eigenvalue weighted by molar-refractivity contribution is 9.10. The zero-order valence-electron chi connectivity index (χ0n) is 13.7. The van der Waals surface area contributed by atoms with Crippen molar-refractivity contribution in [3.8, 4) is 0 Å². The van der Waals surface area contributed by atoms with E-state index in [1.165, 1.54) is 37.8 Å². The van der Waals surface area contributed by atoms with Crippen molar-refractivity contribution in [2.75, 3.05) is 6.61 Å². The highest BCUT2D eigenvalue weighted by Gasteiger charge is 2.36. The number of hydrogen-bond acceptors (Lipinski definition) is 2. The van der Waals surface area contributed by atoms with Gasteiger partial charge in [0.05, 0.1) is 15.9 Å². The van der Waals surface area contributed by atoms with E-state index in [9.17, 15) is 5.11 Å². The zero-order valence-corrected chi connectivity index (χ0v) is 15.2. The zero-order chi connectivity index (χ0) is 15.5. The van der Waals surface area contributed by atoms with Crippen LogP contribution in [0.1, 0.15) is 63.3 Å². The fourth-order valence-corrected chi connectivity index (χ4v) is 4.17. The minimum atomic E-state index is 0.0610. The summed E-state index contributed by atoms with van der Waals surface area (Å²) in [5.74, 6) is 0.876. The van der Waals surface area contributed by atoms with Gasteiger partial charge in [-0.3, -0.25) is 4.68 Å². The number of aromatic nitrogens is 2. The van der Waals surface area contributed by atoms with Gasteiger partial charge in [0.25, 0.3) is 0 Å². The first-order valence-electron chi connectivity index (χ1n) is 8.30. The third kappa shape index (κ3) is 3.89. The molecule has 0 atom stereocenters. The van der Waals surface area contributed by atoms with Gasteiger partial charge in [0.1, 0.15) is 0 Å². The monoisotopic (exact) mass is 356 g/mol. The van der Waals surface area contributed by atoms with Gasteiger partial charge in [-0.1, -0.05) is 26.2 Å². The van der Waals surface area contributed by atoms with Crippen molar-refractivity contribution in [3.05, 3.63) is 15.9 Å². The third-order valence-corrected chi connectivity index (χ3v) is 6.30. The molecule has 1 heterocycles. The normalized spacial score (nSPS) is 26.2. The van der Waals surface area contributed by atoms with E-state index in [-0.39, 0.29) is 5.41 Å². The van der Waals surface area contributed by atoms with Crippen molar-refractivity contribution in [2.45, 2.75) is 65.2 Å². The van der Waals surface area contributed by atoms with Crippen LogP contribution in [0, 0.1) is 18.3 Å². The van der Waals surface area contributed by atoms with Gasteiger partial charge in [0.15, 0.2) is 0 Å². The van der Waals surface area contributed by atoms with E-state index in [4.69, 9.17) is 0 Å². The van der Waals surface area contributed by atoms with Crippen molar-refractivity contribution in [1.82, 2.24) is 9.78 Å². The van der Waals surface area contributed by atoms with E-state index in [2.05, 4.69) is 28.0 Å². The standard InChI is InChI=1S/C17H29BrN2O/c1-4-5-6-14-7-9-17(12-21,10-8-14)11-15-16(18)13(2)19-20(15)3/h14,21H,4-12H2,1-3H3. The predicted octanol–water partition coefficient (Wildman–Crippen LogP) is 4.39. The van der Waals surface area contributed by atoms with E-state index in [1.54, 1.807) is 0 Å². The number of aryl methyl sites for hydroxylation is 2. The van der Waals surface area contributed by atoms with Crippen molar-refractivity contribution in [2.24, 2.45) is 18.4 Å². The molecule has 21 heavy (non-hydrogen) atoms. The van der Waals surface area contributed by atoms with Crippen LogP contribution in [0.4, 0.5) is 0 Å². The van der Waals surface area contributed by atoms with Crippen LogP contribution < -0.4 is 0 Å². The van der Waals surface area contributed by atoms with Gasteiger partial charge < -0.3 is 5.11 Å². The maximum absolute atomic E-state index is 10.0. The van der Waals surface area contributed by atoms with Crippen LogP contribution in [-0.4, -0.2) is 21.5 Å². The quantitative estimate of drug-likeness (QED) is 0.820. The molecule has 1 aliphatic rings. The van der Waals surface area contributed by atoms with Crippen molar-refractivity contribution in [3.63, 3.8) is 0 Å². The van der Waals surface area contributed by atoms with Gasteiger partial charge in [-0.15, -0.1) is 0 Å². The van der Waals surface area contributed by atoms with E-state index in [1.807, 2.05) is 18.7 Å². The first kappa shape index (κ1) is 17.0. The molecule has 120 valence electrons. The molecule has 0 radical (unpaired) electrons. The number of rotatable bonds is 6. The lowest BCUT2D eigenvalue weighted by Crippen LogP contribution is -2.34. The number of hydrogen-bond donors (Lipinski definition) is 1. The van der Waals surface area contributed by atoms with Crippen LogP contribution in [0.5, 0.6) is 0 Å². The van der Waals surface area contributed by atoms with Gasteiger partial charge in [0.2, 0.25) is 0 Å². The second-order valence-corrected chi connectivity index (χ2v) is 7.68. The number of unbranched alkanes of at least 4 members (excludes halogenated alkanes) is 1. The summed E-state index contributed by atoms with van der Waals surface area (Å²) in [6.45, 7) is 4.59. The Labute approximate surface area is 137 Å². The predicted molar refractivity (Wildman–Crippen MR) is 90.4 cm³/mol. The van der Waals surface area contributed by atoms with Crippen LogP contribution in [-0.2, 0) is 13.5 Å². The first-order chi connectivity index (χ1) is 10.0. The lowest BCUT2D eigenvalue weighted by atomic mass is 9.67. The molecule has 0 aliphatic heterocycles. The van der Waals surface area contributed by atoms with Crippen molar-refractivity contribution >= 4 is 15.9 Å². The summed E-state index contributed by atoms with van der Waals surface area (Å²) in [6.07, 6.45) is 9.79. The average Bonchev–Trinajstić information content (AvgIpc) is 2.73. The first-order valence-corrected chi connectivity index (χ1v) is 9.09. The van der Waals surface area contributed by atoms with Gasteiger partial charge in [0, 0.05) is 13.7 Å². The van der Waals surface area contributed by atoms with Gasteiger partial charge in [-0.2, -0.15) is 5.10 Å². The molecule has 4 heteroatoms. The smallest absolute Gasteiger partial charge is 0.0738 e. The highest BCUT2D eigenvalue weighted by Crippen LogP contribution is 2.43. The Morgan fingerprint density at radius 1 is 1.38 bits per heavy atom. The van der Waals surface area contributed by atoms with E-state index < -0.39 is 0 Å². The van der Waals surface area contributed by atoms with E-state index in [0.29, 0.717) is 6.61 Å². The summed E-state index contributed by atoms with van der Waals surface area (Å²) in [5, 5.41) is 14.5. The summed E-state index contributed by atoms with van der Waals surface area (Å²) < 4.78 is 3.09. The van der Waals surface area contributed by atoms with Crippen molar-refractivity contribution < 1.29 is 5.11 Å². The maximum Gasteiger partial charge on any atom is 0.0738 e. The molecule has 1 aromatic heterocycles. The van der Waals surface area contributed by atoms with Crippen LogP contribution >= 0.6 is 15.9 Å². The molecular weight excluding hydrogens is 328 g/mol. The van der Waals surface area contributed by atoms with Gasteiger partial charge in [-0.25, -0.2) is 0 Å². The maximum atomic E-state index is 10.0. The topological polar surface area (TPSA) is 38.1 Å².